The summed E-state index contributed by atoms with van der Waals surface area (Å²) in [7, 11) is 0. The molecule has 0 spiro atoms. The van der Waals surface area contributed by atoms with E-state index in [1.165, 1.54) is 102 Å². The molecule has 6 heterocycles. The van der Waals surface area contributed by atoms with Crippen LogP contribution in [-0.2, 0) is 24.6 Å². The van der Waals surface area contributed by atoms with E-state index < -0.39 is 0 Å². The van der Waals surface area contributed by atoms with Crippen molar-refractivity contribution in [2.24, 2.45) is 16.2 Å². The fraction of sp³-hybridized carbons (Fsp3) is 0.364. The average molecular weight is 849 g/mol. The quantitative estimate of drug-likeness (QED) is 0.0958. The molecule has 56 heavy (non-hydrogen) atoms. The van der Waals surface area contributed by atoms with Crippen molar-refractivity contribution >= 4 is 103 Å². The minimum absolute atomic E-state index is 0.150. The highest BCUT2D eigenvalue weighted by Crippen LogP contribution is 2.55. The van der Waals surface area contributed by atoms with Crippen molar-refractivity contribution in [1.29, 1.82) is 21.0 Å². The van der Waals surface area contributed by atoms with Gasteiger partial charge in [-0.3, -0.25) is 0 Å². The normalized spacial score (nSPS) is 13.6. The molecule has 0 fully saturated rings. The lowest BCUT2D eigenvalue weighted by Crippen LogP contribution is -2.04. The Balaban J connectivity index is 1.46. The van der Waals surface area contributed by atoms with Gasteiger partial charge in [0.05, 0.1) is 24.5 Å². The Kier molecular flexibility index (Phi) is 14.7. The Labute approximate surface area is 353 Å². The van der Waals surface area contributed by atoms with E-state index in [0.717, 1.165) is 57.9 Å². The fourth-order valence-corrected chi connectivity index (χ4v) is 13.4. The lowest BCUT2D eigenvalue weighted by atomic mass is 9.92. The van der Waals surface area contributed by atoms with Crippen LogP contribution in [0.5, 0.6) is 0 Å². The summed E-state index contributed by atoms with van der Waals surface area (Å²) >= 11 is 9.25. The zero-order valence-corrected chi connectivity index (χ0v) is 37.0. The van der Waals surface area contributed by atoms with Crippen molar-refractivity contribution in [3.8, 4) is 43.8 Å². The van der Waals surface area contributed by atoms with E-state index in [9.17, 15) is 21.0 Å². The van der Waals surface area contributed by atoms with Gasteiger partial charge in [0.2, 0.25) is 0 Å². The van der Waals surface area contributed by atoms with Crippen LogP contribution in [0.4, 0.5) is 11.4 Å². The van der Waals surface area contributed by atoms with Gasteiger partial charge in [-0.05, 0) is 96.1 Å². The third-order valence-electron chi connectivity index (χ3n) is 10.2. The van der Waals surface area contributed by atoms with Crippen molar-refractivity contribution < 1.29 is 0 Å². The second-order valence-corrected chi connectivity index (χ2v) is 20.0. The van der Waals surface area contributed by atoms with Crippen LogP contribution in [0.3, 0.4) is 0 Å². The van der Waals surface area contributed by atoms with Crippen molar-refractivity contribution in [1.82, 2.24) is 0 Å². The summed E-state index contributed by atoms with van der Waals surface area (Å²) in [5.41, 5.74) is 5.11. The van der Waals surface area contributed by atoms with Crippen LogP contribution in [0.25, 0.3) is 42.8 Å². The number of thiol groups is 1. The average Bonchev–Trinajstić information content (AvgIpc) is 4.07. The number of thiophene rings is 5. The first-order valence-corrected chi connectivity index (χ1v) is 24.1. The number of nitrogens with one attached hydrogen (secondary N) is 1. The molecular formula is C44H44N6S6. The number of nitrogens with zero attached hydrogens (tertiary/aromatic N) is 5. The molecule has 0 radical (unpaired) electrons. The minimum atomic E-state index is 0.150. The maximum atomic E-state index is 9.47. The summed E-state index contributed by atoms with van der Waals surface area (Å²) in [6.45, 7) is 9.11. The van der Waals surface area contributed by atoms with E-state index in [4.69, 9.17) is 4.36 Å². The molecule has 6 nitrogen and oxygen atoms in total. The lowest BCUT2D eigenvalue weighted by molar-refractivity contribution is 0.449. The number of hydrogen-bond acceptors (Lipinski definition) is 11. The third-order valence-corrected chi connectivity index (χ3v) is 16.7. The largest absolute Gasteiger partial charge is 0.321 e. The molecule has 1 aliphatic heterocycles. The molecule has 0 amide bonds. The summed E-state index contributed by atoms with van der Waals surface area (Å²) in [6.07, 6.45) is 16.0. The zero-order chi connectivity index (χ0) is 39.6. The Morgan fingerprint density at radius 1 is 0.679 bits per heavy atom. The molecule has 12 heteroatoms. The van der Waals surface area contributed by atoms with Gasteiger partial charge in [0.1, 0.15) is 41.1 Å². The van der Waals surface area contributed by atoms with Gasteiger partial charge >= 0.3 is 0 Å². The molecule has 1 N–H and O–H groups in total. The summed E-state index contributed by atoms with van der Waals surface area (Å²) in [6, 6.07) is 20.7. The number of nitriles is 4. The first-order chi connectivity index (χ1) is 27.4. The van der Waals surface area contributed by atoms with Gasteiger partial charge in [0, 0.05) is 28.6 Å². The first kappa shape index (κ1) is 41.5. The van der Waals surface area contributed by atoms with Crippen LogP contribution >= 0.6 is 56.7 Å². The highest BCUT2D eigenvalue weighted by molar-refractivity contribution is 7.70. The summed E-state index contributed by atoms with van der Waals surface area (Å²) < 4.78 is 12.0. The second-order valence-electron chi connectivity index (χ2n) is 13.9. The molecule has 2 atom stereocenters. The van der Waals surface area contributed by atoms with Crippen molar-refractivity contribution in [3.63, 3.8) is 0 Å². The molecule has 2 unspecified atom stereocenters. The summed E-state index contributed by atoms with van der Waals surface area (Å²) in [5.74, 6) is 1.20. The van der Waals surface area contributed by atoms with E-state index >= 15 is 0 Å². The Hall–Kier alpha value is -4.11. The predicted octanol–water partition coefficient (Wildman–Crippen LogP) is 10.9. The number of hydrogen-bond donors (Lipinski definition) is 2. The van der Waals surface area contributed by atoms with Gasteiger partial charge in [0.25, 0.3) is 0 Å². The SMILES string of the molecule is CCCCC(CC)Cc1cc(-c2sc(-c3cc(CC(CC)CCCC)c(/C=c4\ccc(=C(C#N)C#N)s4)s3)c3c2N=[SH]N3)sc1/C=c1\ccc(=C(C#N)C#N)s1. The second kappa shape index (κ2) is 19.8. The number of rotatable bonds is 16. The highest BCUT2D eigenvalue weighted by atomic mass is 32.2. The molecule has 5 aromatic rings. The Bertz CT molecular complexity index is 2620. The van der Waals surface area contributed by atoms with Gasteiger partial charge in [-0.15, -0.1) is 56.7 Å². The van der Waals surface area contributed by atoms with Crippen LogP contribution < -0.4 is 22.9 Å². The molecule has 5 aromatic heterocycles. The standard InChI is InChI=1S/C44H44N6S6/c1-5-9-11-27(7-3)17-29-19-39(53-37(29)21-33-13-15-35(51-33)31(23-45)24-46)43-41-42(50-56-49-41)44(55-43)40-20-30(18-28(8-4)12-10-6-2)38(54-40)22-34-14-16-36(52-34)32(25-47)26-48/h13-16,19-22,27-28,56H,5-12,17-18H2,1-4H3,(H,49,50)/b33-21+,34-22+. The van der Waals surface area contributed by atoms with E-state index in [0.29, 0.717) is 20.9 Å². The fourth-order valence-electron chi connectivity index (χ4n) is 6.93. The van der Waals surface area contributed by atoms with Crippen LogP contribution in [0.1, 0.15) is 99.9 Å². The van der Waals surface area contributed by atoms with Crippen molar-refractivity contribution in [3.05, 3.63) is 75.4 Å². The number of fused-ring (bicyclic) bond motifs is 1. The third kappa shape index (κ3) is 9.53. The van der Waals surface area contributed by atoms with Gasteiger partial charge in [-0.25, -0.2) is 4.36 Å². The number of anilines is 1. The zero-order valence-electron chi connectivity index (χ0n) is 32.1. The molecule has 0 saturated heterocycles. The monoisotopic (exact) mass is 848 g/mol. The molecule has 0 saturated carbocycles. The Morgan fingerprint density at radius 2 is 1.16 bits per heavy atom. The van der Waals surface area contributed by atoms with Crippen LogP contribution in [0.15, 0.2) is 40.8 Å². The van der Waals surface area contributed by atoms with E-state index in [-0.39, 0.29) is 11.1 Å². The maximum absolute atomic E-state index is 9.47. The van der Waals surface area contributed by atoms with Crippen molar-refractivity contribution in [2.45, 2.75) is 91.9 Å². The summed E-state index contributed by atoms with van der Waals surface area (Å²) in [4.78, 5) is 7.29. The molecule has 286 valence electrons. The van der Waals surface area contributed by atoms with Crippen LogP contribution in [0.2, 0.25) is 0 Å². The molecular weight excluding hydrogens is 805 g/mol. The van der Waals surface area contributed by atoms with Gasteiger partial charge < -0.3 is 4.72 Å². The van der Waals surface area contributed by atoms with Crippen LogP contribution in [0, 0.1) is 57.2 Å². The molecule has 0 aliphatic carbocycles. The van der Waals surface area contributed by atoms with E-state index in [1.807, 2.05) is 82.6 Å². The van der Waals surface area contributed by atoms with Gasteiger partial charge in [-0.2, -0.15) is 21.0 Å². The molecule has 1 aliphatic rings. The Morgan fingerprint density at radius 3 is 1.61 bits per heavy atom. The minimum Gasteiger partial charge on any atom is -0.321 e. The maximum Gasteiger partial charge on any atom is 0.146 e. The van der Waals surface area contributed by atoms with Crippen LogP contribution in [-0.4, -0.2) is 0 Å². The molecule has 0 bridgehead atoms. The smallest absolute Gasteiger partial charge is 0.146 e. The van der Waals surface area contributed by atoms with Crippen molar-refractivity contribution in [2.75, 3.05) is 4.72 Å². The number of unbranched alkanes of at least 4 members (excludes halogenated alkanes) is 2. The molecule has 6 rings (SSSR count). The lowest BCUT2D eigenvalue weighted by Gasteiger charge is -2.14. The van der Waals surface area contributed by atoms with Gasteiger partial charge in [0.15, 0.2) is 0 Å². The van der Waals surface area contributed by atoms with E-state index in [2.05, 4.69) is 56.7 Å². The highest BCUT2D eigenvalue weighted by Gasteiger charge is 2.27. The molecule has 0 aromatic carbocycles. The van der Waals surface area contributed by atoms with E-state index in [1.54, 1.807) is 0 Å². The topological polar surface area (TPSA) is 120 Å². The predicted molar refractivity (Wildman–Crippen MR) is 243 cm³/mol. The summed E-state index contributed by atoms with van der Waals surface area (Å²) in [5, 5.41) is 37.9. The first-order valence-electron chi connectivity index (χ1n) is 19.2. The van der Waals surface area contributed by atoms with Gasteiger partial charge in [-0.1, -0.05) is 79.1 Å².